The van der Waals surface area contributed by atoms with Crippen LogP contribution in [0.5, 0.6) is 0 Å². The number of allylic oxidation sites excluding steroid dienone is 2. The predicted molar refractivity (Wildman–Crippen MR) is 96.4 cm³/mol. The van der Waals surface area contributed by atoms with E-state index in [9.17, 15) is 0 Å². The Bertz CT molecular complexity index is 478. The summed E-state index contributed by atoms with van der Waals surface area (Å²) in [5.74, 6) is 0. The molecule has 0 fully saturated rings. The van der Waals surface area contributed by atoms with Crippen molar-refractivity contribution in [2.75, 3.05) is 0 Å². The van der Waals surface area contributed by atoms with Gasteiger partial charge in [0.1, 0.15) is 0 Å². The van der Waals surface area contributed by atoms with Gasteiger partial charge >= 0.3 is 0 Å². The van der Waals surface area contributed by atoms with E-state index >= 15 is 0 Å². The Labute approximate surface area is 138 Å². The largest absolute Gasteiger partial charge is 0.0885 e. The molecule has 104 valence electrons. The van der Waals surface area contributed by atoms with Crippen LogP contribution in [-0.2, 0) is 12.8 Å². The van der Waals surface area contributed by atoms with Crippen LogP contribution in [0.3, 0.4) is 0 Å². The van der Waals surface area contributed by atoms with Crippen LogP contribution in [0.2, 0.25) is 0 Å². The minimum absolute atomic E-state index is 0.918. The lowest BCUT2D eigenvalue weighted by atomic mass is 10.2. The third-order valence-electron chi connectivity index (χ3n) is 2.48. The van der Waals surface area contributed by atoms with Gasteiger partial charge in [0.05, 0.1) is 0 Å². The zero-order chi connectivity index (χ0) is 14.8. The van der Waals surface area contributed by atoms with Gasteiger partial charge in [-0.25, -0.2) is 0 Å². The summed E-state index contributed by atoms with van der Waals surface area (Å²) >= 11 is 6.63. The van der Waals surface area contributed by atoms with E-state index < -0.39 is 0 Å². The molecule has 2 aromatic carbocycles. The molecule has 0 amide bonds. The molecule has 0 aliphatic carbocycles. The summed E-state index contributed by atoms with van der Waals surface area (Å²) in [5, 5.41) is 0. The van der Waals surface area contributed by atoms with E-state index in [1.54, 1.807) is 0 Å². The first-order valence-electron chi connectivity index (χ1n) is 6.32. The highest BCUT2D eigenvalue weighted by Crippen LogP contribution is 2.10. The molecule has 20 heavy (non-hydrogen) atoms. The van der Waals surface area contributed by atoms with Crippen molar-refractivity contribution in [2.45, 2.75) is 12.8 Å². The monoisotopic (exact) mass is 392 g/mol. The molecule has 0 nitrogen and oxygen atoms in total. The van der Waals surface area contributed by atoms with E-state index in [-0.39, 0.29) is 0 Å². The molecular weight excluding hydrogens is 376 g/mol. The van der Waals surface area contributed by atoms with Crippen LogP contribution in [0.4, 0.5) is 0 Å². The maximum absolute atomic E-state index is 3.77. The summed E-state index contributed by atoms with van der Waals surface area (Å²) in [6, 6.07) is 20.5. The van der Waals surface area contributed by atoms with Crippen molar-refractivity contribution in [3.8, 4) is 0 Å². The molecule has 0 radical (unpaired) electrons. The second kappa shape index (κ2) is 9.73. The number of rotatable bonds is 4. The highest BCUT2D eigenvalue weighted by Gasteiger charge is 1.90. The summed E-state index contributed by atoms with van der Waals surface area (Å²) in [6.45, 7) is 7.53. The lowest BCUT2D eigenvalue weighted by Crippen LogP contribution is -1.80. The number of benzene rings is 2. The average Bonchev–Trinajstić information content (AvgIpc) is 2.40. The number of hydrogen-bond acceptors (Lipinski definition) is 0. The lowest BCUT2D eigenvalue weighted by molar-refractivity contribution is 1.26. The smallest absolute Gasteiger partial charge is 0.00347 e. The summed E-state index contributed by atoms with van der Waals surface area (Å²) in [5.41, 5.74) is 2.59. The minimum Gasteiger partial charge on any atom is -0.0885 e. The molecule has 0 atom stereocenters. The Morgan fingerprint density at radius 2 is 0.950 bits per heavy atom. The Morgan fingerprint density at radius 1 is 0.650 bits per heavy atom. The fraction of sp³-hybridized carbons (Fsp3) is 0.111. The summed E-state index contributed by atoms with van der Waals surface area (Å²) in [7, 11) is 0. The Morgan fingerprint density at radius 3 is 1.20 bits per heavy atom. The van der Waals surface area contributed by atoms with Gasteiger partial charge in [-0.3, -0.25) is 0 Å². The number of hydrogen-bond donors (Lipinski definition) is 0. The van der Waals surface area contributed by atoms with Crippen LogP contribution in [0.1, 0.15) is 11.1 Å². The van der Waals surface area contributed by atoms with Gasteiger partial charge in [-0.1, -0.05) is 106 Å². The molecule has 0 N–H and O–H groups in total. The van der Waals surface area contributed by atoms with Crippen molar-refractivity contribution in [1.82, 2.24) is 0 Å². The maximum atomic E-state index is 3.77. The third-order valence-corrected chi connectivity index (χ3v) is 3.04. The molecule has 0 bridgehead atoms. The summed E-state index contributed by atoms with van der Waals surface area (Å²) < 4.78 is 2.05. The molecule has 2 aromatic rings. The molecule has 0 spiro atoms. The zero-order valence-electron chi connectivity index (χ0n) is 11.4. The Hall–Kier alpha value is -1.12. The zero-order valence-corrected chi connectivity index (χ0v) is 14.5. The van der Waals surface area contributed by atoms with Gasteiger partial charge < -0.3 is 0 Å². The molecule has 0 aromatic heterocycles. The first-order valence-corrected chi connectivity index (χ1v) is 7.91. The summed E-state index contributed by atoms with van der Waals surface area (Å²) in [4.78, 5) is 0. The topological polar surface area (TPSA) is 0 Å². The highest BCUT2D eigenvalue weighted by molar-refractivity contribution is 9.12. The quantitative estimate of drug-likeness (QED) is 0.573. The predicted octanol–water partition coefficient (Wildman–Crippen LogP) is 6.28. The molecular formula is C18H18Br2. The van der Waals surface area contributed by atoms with Gasteiger partial charge in [-0.15, -0.1) is 0 Å². The van der Waals surface area contributed by atoms with Crippen molar-refractivity contribution in [3.05, 3.63) is 93.9 Å². The third kappa shape index (κ3) is 8.13. The average molecular weight is 394 g/mol. The van der Waals surface area contributed by atoms with Crippen molar-refractivity contribution in [3.63, 3.8) is 0 Å². The highest BCUT2D eigenvalue weighted by atomic mass is 79.9. The summed E-state index contributed by atoms with van der Waals surface area (Å²) in [6.07, 6.45) is 1.84. The van der Waals surface area contributed by atoms with E-state index in [1.165, 1.54) is 11.1 Å². The Kier molecular flexibility index (Phi) is 8.24. The molecule has 2 heteroatoms. The normalized spacial score (nSPS) is 9.30. The van der Waals surface area contributed by atoms with Gasteiger partial charge in [0.25, 0.3) is 0 Å². The van der Waals surface area contributed by atoms with Crippen molar-refractivity contribution in [2.24, 2.45) is 0 Å². The Balaban J connectivity index is 0.000000200. The minimum atomic E-state index is 0.918. The van der Waals surface area contributed by atoms with Crippen LogP contribution in [-0.4, -0.2) is 0 Å². The fourth-order valence-corrected chi connectivity index (χ4v) is 2.28. The van der Waals surface area contributed by atoms with E-state index in [1.807, 2.05) is 36.4 Å². The fourth-order valence-electron chi connectivity index (χ4n) is 1.63. The van der Waals surface area contributed by atoms with Crippen LogP contribution < -0.4 is 0 Å². The standard InChI is InChI=1S/2C9H9Br/c2*1-8(10)7-9-5-3-2-4-6-9/h2*2-6H,1,7H2. The van der Waals surface area contributed by atoms with Crippen molar-refractivity contribution < 1.29 is 0 Å². The molecule has 0 saturated carbocycles. The van der Waals surface area contributed by atoms with E-state index in [0.29, 0.717) is 0 Å². The maximum Gasteiger partial charge on any atom is 0.00347 e. The van der Waals surface area contributed by atoms with Gasteiger partial charge in [0, 0.05) is 12.8 Å². The molecule has 0 heterocycles. The van der Waals surface area contributed by atoms with Gasteiger partial charge in [-0.05, 0) is 20.1 Å². The molecule has 0 aliphatic rings. The SMILES string of the molecule is C=C(Br)Cc1ccccc1.C=C(Br)Cc1ccccc1. The van der Waals surface area contributed by atoms with Crippen LogP contribution in [0, 0.1) is 0 Å². The van der Waals surface area contributed by atoms with Crippen molar-refractivity contribution >= 4 is 31.9 Å². The van der Waals surface area contributed by atoms with E-state index in [0.717, 1.165) is 21.8 Å². The van der Waals surface area contributed by atoms with Crippen LogP contribution >= 0.6 is 31.9 Å². The molecule has 0 aliphatic heterocycles. The second-order valence-electron chi connectivity index (χ2n) is 4.36. The molecule has 2 rings (SSSR count). The number of halogens is 2. The van der Waals surface area contributed by atoms with Gasteiger partial charge in [0.2, 0.25) is 0 Å². The van der Waals surface area contributed by atoms with Gasteiger partial charge in [-0.2, -0.15) is 0 Å². The van der Waals surface area contributed by atoms with Crippen LogP contribution in [0.25, 0.3) is 0 Å². The molecule has 0 saturated heterocycles. The lowest BCUT2D eigenvalue weighted by Gasteiger charge is -1.95. The van der Waals surface area contributed by atoms with E-state index in [2.05, 4.69) is 69.3 Å². The molecule has 0 unspecified atom stereocenters. The van der Waals surface area contributed by atoms with Gasteiger partial charge in [0.15, 0.2) is 0 Å². The van der Waals surface area contributed by atoms with E-state index in [4.69, 9.17) is 0 Å². The second-order valence-corrected chi connectivity index (χ2v) is 6.60. The first-order chi connectivity index (χ1) is 9.58. The van der Waals surface area contributed by atoms with Crippen LogP contribution in [0.15, 0.2) is 82.8 Å². The first kappa shape index (κ1) is 16.9. The van der Waals surface area contributed by atoms with Crippen molar-refractivity contribution in [1.29, 1.82) is 0 Å².